The number of hydrogen-bond acceptors (Lipinski definition) is 2. The zero-order valence-corrected chi connectivity index (χ0v) is 13.4. The van der Waals surface area contributed by atoms with Crippen molar-refractivity contribution in [2.24, 2.45) is 5.92 Å². The maximum absolute atomic E-state index is 10.1. The Labute approximate surface area is 123 Å². The number of aliphatic hydroxyl groups excluding tert-OH is 1. The van der Waals surface area contributed by atoms with E-state index in [9.17, 15) is 5.11 Å². The van der Waals surface area contributed by atoms with Gasteiger partial charge in [-0.25, -0.2) is 0 Å². The molecule has 0 bridgehead atoms. The Balaban J connectivity index is 1.99. The lowest BCUT2D eigenvalue weighted by molar-refractivity contribution is 0.0684. The van der Waals surface area contributed by atoms with Crippen LogP contribution in [0.1, 0.15) is 60.9 Å². The average Bonchev–Trinajstić information content (AvgIpc) is 2.36. The highest BCUT2D eigenvalue weighted by Crippen LogP contribution is 2.26. The molecule has 0 aliphatic heterocycles. The second-order valence-corrected chi connectivity index (χ2v) is 6.55. The molecule has 112 valence electrons. The van der Waals surface area contributed by atoms with Gasteiger partial charge in [-0.05, 0) is 63.1 Å². The lowest BCUT2D eigenvalue weighted by Gasteiger charge is -2.29. The molecule has 0 heterocycles. The van der Waals surface area contributed by atoms with Crippen molar-refractivity contribution in [3.05, 3.63) is 34.4 Å². The van der Waals surface area contributed by atoms with E-state index in [1.807, 2.05) is 0 Å². The van der Waals surface area contributed by atoms with Crippen LogP contribution in [0.2, 0.25) is 0 Å². The van der Waals surface area contributed by atoms with Gasteiger partial charge in [0.05, 0.1) is 6.10 Å². The van der Waals surface area contributed by atoms with Crippen molar-refractivity contribution in [3.8, 4) is 0 Å². The lowest BCUT2D eigenvalue weighted by atomic mass is 9.86. The molecule has 20 heavy (non-hydrogen) atoms. The van der Waals surface area contributed by atoms with Crippen LogP contribution in [-0.4, -0.2) is 17.8 Å². The molecule has 1 aliphatic rings. The largest absolute Gasteiger partial charge is 0.393 e. The molecule has 0 amide bonds. The third-order valence-electron chi connectivity index (χ3n) is 4.73. The second-order valence-electron chi connectivity index (χ2n) is 6.55. The SMILES string of the molecule is Cc1cc(C)c(C(C)NCC2CCCCC2O)c(C)c1. The van der Waals surface area contributed by atoms with Crippen molar-refractivity contribution in [2.75, 3.05) is 6.54 Å². The van der Waals surface area contributed by atoms with Gasteiger partial charge in [0.25, 0.3) is 0 Å². The smallest absolute Gasteiger partial charge is 0.0580 e. The minimum Gasteiger partial charge on any atom is -0.393 e. The molecular weight excluding hydrogens is 246 g/mol. The summed E-state index contributed by atoms with van der Waals surface area (Å²) in [7, 11) is 0. The molecule has 1 aromatic carbocycles. The maximum atomic E-state index is 10.1. The Bertz CT molecular complexity index is 432. The van der Waals surface area contributed by atoms with E-state index < -0.39 is 0 Å². The molecule has 1 aromatic rings. The Morgan fingerprint density at radius 1 is 1.15 bits per heavy atom. The van der Waals surface area contributed by atoms with Crippen molar-refractivity contribution in [3.63, 3.8) is 0 Å². The van der Waals surface area contributed by atoms with E-state index in [0.29, 0.717) is 12.0 Å². The third-order valence-corrected chi connectivity index (χ3v) is 4.73. The zero-order valence-electron chi connectivity index (χ0n) is 13.4. The van der Waals surface area contributed by atoms with Gasteiger partial charge in [0.15, 0.2) is 0 Å². The number of rotatable bonds is 4. The first-order chi connectivity index (χ1) is 9.49. The number of hydrogen-bond donors (Lipinski definition) is 2. The highest BCUT2D eigenvalue weighted by molar-refractivity contribution is 5.39. The van der Waals surface area contributed by atoms with Gasteiger partial charge in [-0.15, -0.1) is 0 Å². The molecule has 3 unspecified atom stereocenters. The van der Waals surface area contributed by atoms with Crippen molar-refractivity contribution >= 4 is 0 Å². The molecule has 1 saturated carbocycles. The summed E-state index contributed by atoms with van der Waals surface area (Å²) in [5.74, 6) is 0.428. The summed E-state index contributed by atoms with van der Waals surface area (Å²) < 4.78 is 0. The van der Waals surface area contributed by atoms with Gasteiger partial charge in [-0.3, -0.25) is 0 Å². The molecule has 3 atom stereocenters. The van der Waals surface area contributed by atoms with Crippen molar-refractivity contribution in [1.29, 1.82) is 0 Å². The van der Waals surface area contributed by atoms with Crippen LogP contribution in [0.3, 0.4) is 0 Å². The summed E-state index contributed by atoms with van der Waals surface area (Å²) in [5.41, 5.74) is 5.48. The summed E-state index contributed by atoms with van der Waals surface area (Å²) in [6.07, 6.45) is 4.48. The van der Waals surface area contributed by atoms with Gasteiger partial charge in [-0.1, -0.05) is 30.5 Å². The molecule has 1 aliphatic carbocycles. The first-order valence-corrected chi connectivity index (χ1v) is 7.98. The maximum Gasteiger partial charge on any atom is 0.0580 e. The fourth-order valence-corrected chi connectivity index (χ4v) is 3.73. The van der Waals surface area contributed by atoms with E-state index in [1.165, 1.54) is 35.1 Å². The highest BCUT2D eigenvalue weighted by Gasteiger charge is 2.23. The second kappa shape index (κ2) is 6.73. The summed E-state index contributed by atoms with van der Waals surface area (Å²) in [4.78, 5) is 0. The van der Waals surface area contributed by atoms with Gasteiger partial charge in [-0.2, -0.15) is 0 Å². The molecule has 2 heteroatoms. The predicted molar refractivity (Wildman–Crippen MR) is 85.0 cm³/mol. The van der Waals surface area contributed by atoms with Crippen LogP contribution in [0.15, 0.2) is 12.1 Å². The Morgan fingerprint density at radius 2 is 1.75 bits per heavy atom. The van der Waals surface area contributed by atoms with E-state index in [-0.39, 0.29) is 6.10 Å². The number of aliphatic hydroxyl groups is 1. The normalized spacial score (nSPS) is 24.6. The van der Waals surface area contributed by atoms with Crippen molar-refractivity contribution < 1.29 is 5.11 Å². The summed E-state index contributed by atoms with van der Waals surface area (Å²) in [6, 6.07) is 4.87. The number of aryl methyl sites for hydroxylation is 3. The minimum atomic E-state index is -0.108. The molecular formula is C18H29NO. The van der Waals surface area contributed by atoms with Crippen LogP contribution < -0.4 is 5.32 Å². The van der Waals surface area contributed by atoms with Gasteiger partial charge >= 0.3 is 0 Å². The van der Waals surface area contributed by atoms with E-state index in [4.69, 9.17) is 0 Å². The Hall–Kier alpha value is -0.860. The molecule has 0 radical (unpaired) electrons. The van der Waals surface area contributed by atoms with Crippen LogP contribution in [0.5, 0.6) is 0 Å². The van der Waals surface area contributed by atoms with Crippen LogP contribution in [0, 0.1) is 26.7 Å². The van der Waals surface area contributed by atoms with E-state index >= 15 is 0 Å². The van der Waals surface area contributed by atoms with Gasteiger partial charge < -0.3 is 10.4 Å². The number of nitrogens with one attached hydrogen (secondary N) is 1. The topological polar surface area (TPSA) is 32.3 Å². The first-order valence-electron chi connectivity index (χ1n) is 7.98. The quantitative estimate of drug-likeness (QED) is 0.875. The highest BCUT2D eigenvalue weighted by atomic mass is 16.3. The molecule has 1 fully saturated rings. The standard InChI is InChI=1S/C18H29NO/c1-12-9-13(2)18(14(3)10-12)15(4)19-11-16-7-5-6-8-17(16)20/h9-10,15-17,19-20H,5-8,11H2,1-4H3. The molecule has 0 saturated heterocycles. The Kier molecular flexibility index (Phi) is 5.22. The monoisotopic (exact) mass is 275 g/mol. The molecule has 2 N–H and O–H groups in total. The van der Waals surface area contributed by atoms with E-state index in [1.54, 1.807) is 0 Å². The van der Waals surface area contributed by atoms with E-state index in [2.05, 4.69) is 45.1 Å². The van der Waals surface area contributed by atoms with E-state index in [0.717, 1.165) is 19.4 Å². The predicted octanol–water partition coefficient (Wildman–Crippen LogP) is 3.81. The zero-order chi connectivity index (χ0) is 14.7. The molecule has 0 spiro atoms. The lowest BCUT2D eigenvalue weighted by Crippen LogP contribution is -2.35. The summed E-state index contributed by atoms with van der Waals surface area (Å²) in [6.45, 7) is 9.71. The summed E-state index contributed by atoms with van der Waals surface area (Å²) >= 11 is 0. The van der Waals surface area contributed by atoms with Crippen LogP contribution in [0.25, 0.3) is 0 Å². The molecule has 0 aromatic heterocycles. The van der Waals surface area contributed by atoms with Gasteiger partial charge in [0, 0.05) is 12.6 Å². The van der Waals surface area contributed by atoms with Crippen LogP contribution in [-0.2, 0) is 0 Å². The van der Waals surface area contributed by atoms with Crippen molar-refractivity contribution in [2.45, 2.75) is 65.5 Å². The molecule has 2 rings (SSSR count). The first kappa shape index (κ1) is 15.5. The van der Waals surface area contributed by atoms with Crippen molar-refractivity contribution in [1.82, 2.24) is 5.32 Å². The third kappa shape index (κ3) is 3.62. The Morgan fingerprint density at radius 3 is 2.35 bits per heavy atom. The minimum absolute atomic E-state index is 0.108. The number of benzene rings is 1. The van der Waals surface area contributed by atoms with Gasteiger partial charge in [0.2, 0.25) is 0 Å². The fraction of sp³-hybridized carbons (Fsp3) is 0.667. The van der Waals surface area contributed by atoms with Crippen LogP contribution >= 0.6 is 0 Å². The average molecular weight is 275 g/mol. The van der Waals surface area contributed by atoms with Gasteiger partial charge in [0.1, 0.15) is 0 Å². The molecule has 2 nitrogen and oxygen atoms in total. The fourth-order valence-electron chi connectivity index (χ4n) is 3.73. The summed E-state index contributed by atoms with van der Waals surface area (Å²) in [5, 5.41) is 13.7. The van der Waals surface area contributed by atoms with Crippen LogP contribution in [0.4, 0.5) is 0 Å².